The normalized spacial score (nSPS) is 24.0. The highest BCUT2D eigenvalue weighted by Crippen LogP contribution is 2.50. The summed E-state index contributed by atoms with van der Waals surface area (Å²) < 4.78 is 27.5. The molecule has 0 radical (unpaired) electrons. The number of hydrogen-bond acceptors (Lipinski definition) is 2. The average Bonchev–Trinajstić information content (AvgIpc) is 3.31. The molecule has 2 aliphatic heterocycles. The molecule has 1 atom stereocenters. The van der Waals surface area contributed by atoms with E-state index in [0.717, 1.165) is 36.8 Å². The summed E-state index contributed by atoms with van der Waals surface area (Å²) in [6.45, 7) is 1.66. The van der Waals surface area contributed by atoms with Gasteiger partial charge in [-0.25, -0.2) is 8.78 Å². The Hall–Kier alpha value is -2.76. The summed E-state index contributed by atoms with van der Waals surface area (Å²) in [4.78, 5) is 28.2. The zero-order valence-electron chi connectivity index (χ0n) is 18.8. The van der Waals surface area contributed by atoms with Crippen molar-refractivity contribution in [3.63, 3.8) is 0 Å². The van der Waals surface area contributed by atoms with Gasteiger partial charge in [-0.1, -0.05) is 37.1 Å². The molecule has 3 aliphatic rings. The summed E-state index contributed by atoms with van der Waals surface area (Å²) in [6, 6.07) is 13.1. The van der Waals surface area contributed by atoms with Crippen molar-refractivity contribution in [2.45, 2.75) is 56.3 Å². The summed E-state index contributed by atoms with van der Waals surface area (Å²) in [5, 5.41) is 2.96. The van der Waals surface area contributed by atoms with E-state index in [1.54, 1.807) is 24.3 Å². The van der Waals surface area contributed by atoms with E-state index >= 15 is 0 Å². The highest BCUT2D eigenvalue weighted by atomic mass is 19.1. The van der Waals surface area contributed by atoms with Crippen LogP contribution in [0.5, 0.6) is 0 Å². The predicted octanol–water partition coefficient (Wildman–Crippen LogP) is 4.69. The summed E-state index contributed by atoms with van der Waals surface area (Å²) in [6.07, 6.45) is 5.38. The molecule has 4 nitrogen and oxygen atoms in total. The number of rotatable bonds is 3. The SMILES string of the molecule is O=C1CC2(CCN(C(=O)C3(c4ccc(F)cc4)CCCC3)CC2)[C@@H](c2cccc(F)c2)CN1. The third kappa shape index (κ3) is 3.94. The highest BCUT2D eigenvalue weighted by Gasteiger charge is 2.50. The van der Waals surface area contributed by atoms with Crippen molar-refractivity contribution in [2.24, 2.45) is 5.41 Å². The monoisotopic (exact) mass is 452 g/mol. The van der Waals surface area contributed by atoms with Crippen LogP contribution in [0.3, 0.4) is 0 Å². The standard InChI is InChI=1S/C27H30F2N2O2/c28-21-8-6-20(7-9-21)27(10-1-2-11-27)25(33)31-14-12-26(13-15-31)17-24(32)30-18-23(26)19-4-3-5-22(29)16-19/h3-9,16,23H,1-2,10-15,17-18H2,(H,30,32)/t23-/m1/s1. The maximum absolute atomic E-state index is 14.0. The Labute approximate surface area is 193 Å². The number of carbonyl (C=O) groups is 2. The Bertz CT molecular complexity index is 1040. The topological polar surface area (TPSA) is 49.4 Å². The highest BCUT2D eigenvalue weighted by molar-refractivity contribution is 5.89. The Morgan fingerprint density at radius 2 is 1.64 bits per heavy atom. The van der Waals surface area contributed by atoms with Crippen molar-refractivity contribution in [1.82, 2.24) is 10.2 Å². The molecule has 6 heteroatoms. The molecule has 174 valence electrons. The van der Waals surface area contributed by atoms with Crippen LogP contribution in [0.25, 0.3) is 0 Å². The van der Waals surface area contributed by atoms with Gasteiger partial charge in [-0.15, -0.1) is 0 Å². The fraction of sp³-hybridized carbons (Fsp3) is 0.481. The lowest BCUT2D eigenvalue weighted by atomic mass is 9.62. The first kappa shape index (κ1) is 22.1. The molecule has 2 saturated heterocycles. The van der Waals surface area contributed by atoms with E-state index in [1.165, 1.54) is 18.2 Å². The van der Waals surface area contributed by atoms with Crippen molar-refractivity contribution in [3.05, 3.63) is 71.3 Å². The quantitative estimate of drug-likeness (QED) is 0.735. The molecule has 2 heterocycles. The molecular weight excluding hydrogens is 422 g/mol. The van der Waals surface area contributed by atoms with Gasteiger partial charge >= 0.3 is 0 Å². The smallest absolute Gasteiger partial charge is 0.233 e. The number of nitrogens with one attached hydrogen (secondary N) is 1. The van der Waals surface area contributed by atoms with Gasteiger partial charge in [0.1, 0.15) is 11.6 Å². The largest absolute Gasteiger partial charge is 0.355 e. The summed E-state index contributed by atoms with van der Waals surface area (Å²) in [5.41, 5.74) is 0.963. The maximum atomic E-state index is 14.0. The lowest BCUT2D eigenvalue weighted by Crippen LogP contribution is -2.55. The lowest BCUT2D eigenvalue weighted by Gasteiger charge is -2.50. The number of nitrogens with zero attached hydrogens (tertiary/aromatic N) is 1. The van der Waals surface area contributed by atoms with Gasteiger partial charge in [-0.05, 0) is 66.5 Å². The van der Waals surface area contributed by atoms with E-state index in [0.29, 0.717) is 38.9 Å². The van der Waals surface area contributed by atoms with Crippen molar-refractivity contribution >= 4 is 11.8 Å². The van der Waals surface area contributed by atoms with Crippen LogP contribution in [-0.2, 0) is 15.0 Å². The van der Waals surface area contributed by atoms with Gasteiger partial charge in [0.2, 0.25) is 11.8 Å². The lowest BCUT2D eigenvalue weighted by molar-refractivity contribution is -0.141. The summed E-state index contributed by atoms with van der Waals surface area (Å²) in [5.74, 6) is -0.376. The molecular formula is C27H30F2N2O2. The molecule has 5 rings (SSSR count). The van der Waals surface area contributed by atoms with E-state index in [1.807, 2.05) is 11.0 Å². The minimum Gasteiger partial charge on any atom is -0.355 e. The Kier molecular flexibility index (Phi) is 5.71. The first-order valence-electron chi connectivity index (χ1n) is 12.0. The van der Waals surface area contributed by atoms with E-state index in [9.17, 15) is 18.4 Å². The first-order valence-corrected chi connectivity index (χ1v) is 12.0. The number of halogens is 2. The average molecular weight is 453 g/mol. The number of piperidine rings is 2. The van der Waals surface area contributed by atoms with Gasteiger partial charge < -0.3 is 10.2 Å². The van der Waals surface area contributed by atoms with Crippen LogP contribution in [0.1, 0.15) is 62.0 Å². The summed E-state index contributed by atoms with van der Waals surface area (Å²) in [7, 11) is 0. The van der Waals surface area contributed by atoms with Crippen LogP contribution in [0, 0.1) is 17.0 Å². The zero-order chi connectivity index (χ0) is 23.1. The Balaban J connectivity index is 1.38. The minimum absolute atomic E-state index is 0.0284. The second-order valence-electron chi connectivity index (χ2n) is 10.0. The second-order valence-corrected chi connectivity index (χ2v) is 10.0. The molecule has 1 N–H and O–H groups in total. The molecule has 1 saturated carbocycles. The molecule has 0 bridgehead atoms. The molecule has 1 spiro atoms. The van der Waals surface area contributed by atoms with Gasteiger partial charge in [0.05, 0.1) is 5.41 Å². The van der Waals surface area contributed by atoms with Crippen molar-refractivity contribution < 1.29 is 18.4 Å². The van der Waals surface area contributed by atoms with Gasteiger partial charge in [0.25, 0.3) is 0 Å². The van der Waals surface area contributed by atoms with Crippen LogP contribution in [0.4, 0.5) is 8.78 Å². The van der Waals surface area contributed by atoms with Crippen LogP contribution < -0.4 is 5.32 Å². The fourth-order valence-electron chi connectivity index (χ4n) is 6.49. The van der Waals surface area contributed by atoms with Crippen molar-refractivity contribution in [1.29, 1.82) is 0 Å². The van der Waals surface area contributed by atoms with Crippen molar-refractivity contribution in [3.8, 4) is 0 Å². The summed E-state index contributed by atoms with van der Waals surface area (Å²) >= 11 is 0. The molecule has 3 fully saturated rings. The first-order chi connectivity index (χ1) is 15.9. The van der Waals surface area contributed by atoms with E-state index in [4.69, 9.17) is 0 Å². The third-order valence-corrected chi connectivity index (χ3v) is 8.32. The number of benzene rings is 2. The zero-order valence-corrected chi connectivity index (χ0v) is 18.8. The van der Waals surface area contributed by atoms with Crippen LogP contribution in [-0.4, -0.2) is 36.3 Å². The molecule has 2 amide bonds. The number of likely N-dealkylation sites (tertiary alicyclic amines) is 1. The fourth-order valence-corrected chi connectivity index (χ4v) is 6.49. The third-order valence-electron chi connectivity index (χ3n) is 8.32. The predicted molar refractivity (Wildman–Crippen MR) is 122 cm³/mol. The molecule has 1 aliphatic carbocycles. The number of carbonyl (C=O) groups excluding carboxylic acids is 2. The van der Waals surface area contributed by atoms with Gasteiger partial charge in [0, 0.05) is 32.0 Å². The van der Waals surface area contributed by atoms with E-state index in [2.05, 4.69) is 5.32 Å². The van der Waals surface area contributed by atoms with E-state index in [-0.39, 0.29) is 34.8 Å². The van der Waals surface area contributed by atoms with Gasteiger partial charge in [-0.2, -0.15) is 0 Å². The second kappa shape index (κ2) is 8.54. The van der Waals surface area contributed by atoms with Gasteiger partial charge in [-0.3, -0.25) is 9.59 Å². The van der Waals surface area contributed by atoms with Crippen LogP contribution >= 0.6 is 0 Å². The van der Waals surface area contributed by atoms with Crippen molar-refractivity contribution in [2.75, 3.05) is 19.6 Å². The Morgan fingerprint density at radius 1 is 0.939 bits per heavy atom. The van der Waals surface area contributed by atoms with Crippen LogP contribution in [0.15, 0.2) is 48.5 Å². The molecule has 2 aromatic carbocycles. The number of hydrogen-bond donors (Lipinski definition) is 1. The molecule has 0 aromatic heterocycles. The van der Waals surface area contributed by atoms with Crippen LogP contribution in [0.2, 0.25) is 0 Å². The van der Waals surface area contributed by atoms with Gasteiger partial charge in [0.15, 0.2) is 0 Å². The molecule has 0 unspecified atom stereocenters. The molecule has 2 aromatic rings. The van der Waals surface area contributed by atoms with E-state index < -0.39 is 5.41 Å². The minimum atomic E-state index is -0.579. The Morgan fingerprint density at radius 3 is 2.30 bits per heavy atom. The maximum Gasteiger partial charge on any atom is 0.233 e. The molecule has 33 heavy (non-hydrogen) atoms. The number of amides is 2.